The molecular formula is C20H22FN2O3S+. The summed E-state index contributed by atoms with van der Waals surface area (Å²) in [6.07, 6.45) is 0.973. The third-order valence-corrected chi connectivity index (χ3v) is 6.22. The fourth-order valence-electron chi connectivity index (χ4n) is 3.66. The number of hydrogen-bond donors (Lipinski definition) is 1. The number of anilines is 1. The molecule has 0 saturated carbocycles. The standard InChI is InChI=1S/C20H22FN2O3S/c1-25-16-8-9-18(26-2)17(12-16)22-13-20(24,14-4-6-15(21)7-5-14)23-10-3-11-27-19(22)23/h4-9,12,24H,3,10-11,13H2,1-2H3/q+1/t20-/m1/s1. The van der Waals surface area contributed by atoms with Crippen molar-refractivity contribution in [3.05, 3.63) is 53.8 Å². The lowest BCUT2D eigenvalue weighted by molar-refractivity contribution is -0.656. The highest BCUT2D eigenvalue weighted by atomic mass is 32.2. The van der Waals surface area contributed by atoms with E-state index < -0.39 is 5.72 Å². The molecule has 2 aromatic carbocycles. The van der Waals surface area contributed by atoms with Crippen molar-refractivity contribution in [2.45, 2.75) is 12.1 Å². The van der Waals surface area contributed by atoms with Crippen LogP contribution in [0, 0.1) is 5.82 Å². The molecule has 2 aliphatic heterocycles. The lowest BCUT2D eigenvalue weighted by Crippen LogP contribution is -2.41. The SMILES string of the molecule is COc1ccc(OC)c(N2C[C@@](O)(c3ccc(F)cc3)[N+]3=C2SCCC3)c1. The summed E-state index contributed by atoms with van der Waals surface area (Å²) in [6.45, 7) is 1.06. The van der Waals surface area contributed by atoms with Crippen LogP contribution in [0.25, 0.3) is 0 Å². The Bertz CT molecular complexity index is 887. The topological polar surface area (TPSA) is 44.9 Å². The molecule has 2 aromatic rings. The van der Waals surface area contributed by atoms with Crippen LogP contribution in [0.1, 0.15) is 12.0 Å². The summed E-state index contributed by atoms with van der Waals surface area (Å²) in [4.78, 5) is 2.06. The monoisotopic (exact) mass is 389 g/mol. The van der Waals surface area contributed by atoms with E-state index in [9.17, 15) is 9.50 Å². The largest absolute Gasteiger partial charge is 0.497 e. The summed E-state index contributed by atoms with van der Waals surface area (Å²) < 4.78 is 26.4. The predicted molar refractivity (Wildman–Crippen MR) is 104 cm³/mol. The van der Waals surface area contributed by atoms with Gasteiger partial charge in [-0.1, -0.05) is 0 Å². The van der Waals surface area contributed by atoms with E-state index in [1.54, 1.807) is 38.1 Å². The summed E-state index contributed by atoms with van der Waals surface area (Å²) in [7, 11) is 3.25. The predicted octanol–water partition coefficient (Wildman–Crippen LogP) is 3.01. The average molecular weight is 389 g/mol. The second kappa shape index (κ2) is 7.05. The van der Waals surface area contributed by atoms with Crippen LogP contribution < -0.4 is 14.4 Å². The van der Waals surface area contributed by atoms with Crippen LogP contribution in [0.3, 0.4) is 0 Å². The molecule has 0 spiro atoms. The number of halogens is 1. The second-order valence-electron chi connectivity index (χ2n) is 6.58. The number of aliphatic hydroxyl groups is 1. The van der Waals surface area contributed by atoms with E-state index in [0.29, 0.717) is 17.9 Å². The first kappa shape index (κ1) is 18.1. The summed E-state index contributed by atoms with van der Waals surface area (Å²) in [6, 6.07) is 11.7. The molecule has 0 amide bonds. The molecule has 7 heteroatoms. The fraction of sp³-hybridized carbons (Fsp3) is 0.350. The first-order valence-corrected chi connectivity index (χ1v) is 9.81. The summed E-state index contributed by atoms with van der Waals surface area (Å²) in [5.41, 5.74) is 0.280. The van der Waals surface area contributed by atoms with E-state index in [4.69, 9.17) is 9.47 Å². The van der Waals surface area contributed by atoms with Crippen molar-refractivity contribution in [1.29, 1.82) is 0 Å². The van der Waals surface area contributed by atoms with Gasteiger partial charge in [0.1, 0.15) is 11.6 Å². The molecule has 27 heavy (non-hydrogen) atoms. The van der Waals surface area contributed by atoms with Gasteiger partial charge in [0.05, 0.1) is 20.8 Å². The molecule has 2 aliphatic rings. The molecule has 0 aliphatic carbocycles. The van der Waals surface area contributed by atoms with Crippen LogP contribution in [0.15, 0.2) is 42.5 Å². The van der Waals surface area contributed by atoms with Crippen molar-refractivity contribution in [2.75, 3.05) is 38.0 Å². The van der Waals surface area contributed by atoms with Gasteiger partial charge in [-0.3, -0.25) is 0 Å². The van der Waals surface area contributed by atoms with Gasteiger partial charge >= 0.3 is 5.17 Å². The van der Waals surface area contributed by atoms with E-state index in [1.165, 1.54) is 12.1 Å². The number of hydrogen-bond acceptors (Lipinski definition) is 5. The molecular weight excluding hydrogens is 367 g/mol. The number of amidine groups is 1. The highest BCUT2D eigenvalue weighted by Gasteiger charge is 2.53. The van der Waals surface area contributed by atoms with Gasteiger partial charge in [-0.15, -0.1) is 0 Å². The number of nitrogens with zero attached hydrogens (tertiary/aromatic N) is 2. The zero-order valence-corrected chi connectivity index (χ0v) is 16.1. The molecule has 2 heterocycles. The average Bonchev–Trinajstić information content (AvgIpc) is 3.02. The molecule has 1 N–H and O–H groups in total. The third kappa shape index (κ3) is 3.04. The van der Waals surface area contributed by atoms with Gasteiger partial charge in [-0.2, -0.15) is 0 Å². The van der Waals surface area contributed by atoms with Crippen molar-refractivity contribution in [2.24, 2.45) is 0 Å². The molecule has 5 nitrogen and oxygen atoms in total. The number of methoxy groups -OCH3 is 2. The Kier molecular flexibility index (Phi) is 4.74. The number of β-amino-alcohol motifs (C(OH)–C–C–N with tert-alkyl or cyclic N) is 1. The van der Waals surface area contributed by atoms with Gasteiger partial charge in [0.15, 0.2) is 18.0 Å². The van der Waals surface area contributed by atoms with Crippen LogP contribution >= 0.6 is 11.8 Å². The van der Waals surface area contributed by atoms with Gasteiger partial charge in [-0.05, 0) is 54.6 Å². The van der Waals surface area contributed by atoms with E-state index in [2.05, 4.69) is 4.90 Å². The maximum Gasteiger partial charge on any atom is 0.316 e. The lowest BCUT2D eigenvalue weighted by Gasteiger charge is -2.24. The molecule has 0 unspecified atom stereocenters. The molecule has 0 aromatic heterocycles. The van der Waals surface area contributed by atoms with Gasteiger partial charge in [0.2, 0.25) is 0 Å². The Morgan fingerprint density at radius 3 is 2.63 bits per heavy atom. The van der Waals surface area contributed by atoms with Crippen molar-refractivity contribution >= 4 is 22.6 Å². The number of rotatable bonds is 4. The van der Waals surface area contributed by atoms with E-state index in [0.717, 1.165) is 35.3 Å². The zero-order chi connectivity index (χ0) is 19.0. The summed E-state index contributed by atoms with van der Waals surface area (Å²) >= 11 is 1.71. The van der Waals surface area contributed by atoms with Crippen LogP contribution in [-0.4, -0.2) is 47.9 Å². The minimum atomic E-state index is -1.23. The van der Waals surface area contributed by atoms with Gasteiger partial charge in [0.25, 0.3) is 5.72 Å². The van der Waals surface area contributed by atoms with Crippen molar-refractivity contribution in [3.63, 3.8) is 0 Å². The van der Waals surface area contributed by atoms with E-state index in [-0.39, 0.29) is 5.82 Å². The summed E-state index contributed by atoms with van der Waals surface area (Å²) in [5.74, 6) is 2.09. The van der Waals surface area contributed by atoms with Crippen molar-refractivity contribution < 1.29 is 23.5 Å². The first-order valence-electron chi connectivity index (χ1n) is 8.82. The minimum absolute atomic E-state index is 0.316. The molecule has 1 atom stereocenters. The molecule has 0 radical (unpaired) electrons. The quantitative estimate of drug-likeness (QED) is 0.815. The van der Waals surface area contributed by atoms with Crippen molar-refractivity contribution in [1.82, 2.24) is 0 Å². The highest BCUT2D eigenvalue weighted by molar-refractivity contribution is 8.13. The van der Waals surface area contributed by atoms with Gasteiger partial charge in [0, 0.05) is 17.4 Å². The van der Waals surface area contributed by atoms with Gasteiger partial charge < -0.3 is 14.6 Å². The van der Waals surface area contributed by atoms with Crippen molar-refractivity contribution in [3.8, 4) is 11.5 Å². The minimum Gasteiger partial charge on any atom is -0.497 e. The number of thioether (sulfide) groups is 1. The van der Waals surface area contributed by atoms with E-state index in [1.807, 2.05) is 22.8 Å². The molecule has 0 saturated heterocycles. The van der Waals surface area contributed by atoms with Crippen LogP contribution in [0.2, 0.25) is 0 Å². The van der Waals surface area contributed by atoms with Crippen LogP contribution in [0.4, 0.5) is 10.1 Å². The maximum atomic E-state index is 13.4. The molecule has 142 valence electrons. The Hall–Kier alpha value is -2.25. The first-order chi connectivity index (χ1) is 13.1. The van der Waals surface area contributed by atoms with Crippen LogP contribution in [0.5, 0.6) is 11.5 Å². The highest BCUT2D eigenvalue weighted by Crippen LogP contribution is 2.41. The Morgan fingerprint density at radius 1 is 1.15 bits per heavy atom. The Morgan fingerprint density at radius 2 is 1.93 bits per heavy atom. The second-order valence-corrected chi connectivity index (χ2v) is 7.65. The number of ether oxygens (including phenoxy) is 2. The normalized spacial score (nSPS) is 22.0. The fourth-order valence-corrected chi connectivity index (χ4v) is 4.83. The van der Waals surface area contributed by atoms with E-state index >= 15 is 0 Å². The molecule has 0 fully saturated rings. The maximum absolute atomic E-state index is 13.4. The number of benzene rings is 2. The van der Waals surface area contributed by atoms with Crippen LogP contribution in [-0.2, 0) is 5.72 Å². The molecule has 0 bridgehead atoms. The summed E-state index contributed by atoms with van der Waals surface area (Å²) in [5, 5.41) is 12.6. The van der Waals surface area contributed by atoms with Gasteiger partial charge in [-0.25, -0.2) is 13.9 Å². The zero-order valence-electron chi connectivity index (χ0n) is 15.3. The Labute approximate surface area is 162 Å². The molecule has 4 rings (SSSR count). The lowest BCUT2D eigenvalue weighted by atomic mass is 10.0. The smallest absolute Gasteiger partial charge is 0.316 e. The third-order valence-electron chi connectivity index (χ3n) is 5.03. The Balaban J connectivity index is 1.82.